The largest absolute Gasteiger partial charge is 0.354 e. The molecule has 1 aromatic heterocycles. The molecule has 1 atom stereocenters. The summed E-state index contributed by atoms with van der Waals surface area (Å²) in [5.41, 5.74) is 0. The fraction of sp³-hybridized carbons (Fsp3) is 0.615. The lowest BCUT2D eigenvalue weighted by Gasteiger charge is -2.32. The highest BCUT2D eigenvalue weighted by Crippen LogP contribution is 2.24. The molecule has 2 fully saturated rings. The maximum Gasteiger partial charge on any atom is 0.225 e. The van der Waals surface area contributed by atoms with Gasteiger partial charge in [0.05, 0.1) is 5.92 Å². The monoisotopic (exact) mass is 280 g/mol. The van der Waals surface area contributed by atoms with Gasteiger partial charge in [-0.3, -0.25) is 4.79 Å². The molecule has 0 unspecified atom stereocenters. The van der Waals surface area contributed by atoms with Gasteiger partial charge < -0.3 is 10.2 Å². The van der Waals surface area contributed by atoms with E-state index in [1.54, 1.807) is 6.07 Å². The Hall–Kier alpha value is -1.36. The Labute approximate surface area is 117 Å². The van der Waals surface area contributed by atoms with E-state index in [-0.39, 0.29) is 11.8 Å². The molecule has 0 spiro atoms. The summed E-state index contributed by atoms with van der Waals surface area (Å²) in [6.07, 6.45) is 4.22. The summed E-state index contributed by atoms with van der Waals surface area (Å²) in [5.74, 6) is 1.05. The van der Waals surface area contributed by atoms with E-state index in [2.05, 4.69) is 20.4 Å². The van der Waals surface area contributed by atoms with E-state index in [1.165, 1.54) is 0 Å². The van der Waals surface area contributed by atoms with Gasteiger partial charge >= 0.3 is 0 Å². The Balaban J connectivity index is 1.63. The second kappa shape index (κ2) is 5.33. The lowest BCUT2D eigenvalue weighted by atomic mass is 9.97. The first-order valence-corrected chi connectivity index (χ1v) is 7.15. The highest BCUT2D eigenvalue weighted by atomic mass is 35.5. The molecule has 0 bridgehead atoms. The summed E-state index contributed by atoms with van der Waals surface area (Å²) in [6, 6.07) is 4.02. The molecule has 0 aromatic carbocycles. The van der Waals surface area contributed by atoms with Crippen LogP contribution in [0.15, 0.2) is 12.1 Å². The van der Waals surface area contributed by atoms with E-state index < -0.39 is 0 Å². The fourth-order valence-electron chi connectivity index (χ4n) is 2.42. The van der Waals surface area contributed by atoms with Gasteiger partial charge in [-0.1, -0.05) is 11.6 Å². The number of piperidine rings is 1. The second-order valence-electron chi connectivity index (χ2n) is 5.28. The van der Waals surface area contributed by atoms with Crippen LogP contribution in [0.1, 0.15) is 25.7 Å². The molecule has 19 heavy (non-hydrogen) atoms. The molecule has 0 radical (unpaired) electrons. The third-order valence-corrected chi connectivity index (χ3v) is 3.86. The van der Waals surface area contributed by atoms with Gasteiger partial charge in [0.2, 0.25) is 5.91 Å². The Kier molecular flexibility index (Phi) is 3.55. The van der Waals surface area contributed by atoms with Gasteiger partial charge in [-0.25, -0.2) is 0 Å². The van der Waals surface area contributed by atoms with Crippen LogP contribution < -0.4 is 10.2 Å². The number of carbonyl (C=O) groups is 1. The molecule has 1 aliphatic carbocycles. The summed E-state index contributed by atoms with van der Waals surface area (Å²) >= 11 is 5.74. The molecule has 6 heteroatoms. The number of rotatable bonds is 3. The van der Waals surface area contributed by atoms with Gasteiger partial charge in [-0.05, 0) is 37.8 Å². The standard InChI is InChI=1S/C13H17ClN4O/c14-11-5-6-12(17-16-11)18-7-1-2-9(8-18)13(19)15-10-3-4-10/h5-6,9-10H,1-4,7-8H2,(H,15,19)/t9-/m1/s1. The zero-order valence-corrected chi connectivity index (χ0v) is 11.4. The Bertz CT molecular complexity index is 460. The van der Waals surface area contributed by atoms with Crippen LogP contribution in [-0.4, -0.2) is 35.2 Å². The average Bonchev–Trinajstić information content (AvgIpc) is 3.24. The molecule has 1 N–H and O–H groups in total. The van der Waals surface area contributed by atoms with Gasteiger partial charge in [0, 0.05) is 19.1 Å². The van der Waals surface area contributed by atoms with Crippen LogP contribution in [0.4, 0.5) is 5.82 Å². The van der Waals surface area contributed by atoms with Crippen molar-refractivity contribution in [1.29, 1.82) is 0 Å². The van der Waals surface area contributed by atoms with E-state index in [4.69, 9.17) is 11.6 Å². The summed E-state index contributed by atoms with van der Waals surface area (Å²) in [7, 11) is 0. The smallest absolute Gasteiger partial charge is 0.225 e. The zero-order chi connectivity index (χ0) is 13.2. The first-order chi connectivity index (χ1) is 9.22. The molecule has 1 saturated carbocycles. The molecule has 5 nitrogen and oxygen atoms in total. The number of halogens is 1. The number of anilines is 1. The Morgan fingerprint density at radius 3 is 2.84 bits per heavy atom. The highest BCUT2D eigenvalue weighted by molar-refractivity contribution is 6.29. The molecular formula is C13H17ClN4O. The number of hydrogen-bond acceptors (Lipinski definition) is 4. The van der Waals surface area contributed by atoms with E-state index in [9.17, 15) is 4.79 Å². The van der Waals surface area contributed by atoms with Gasteiger partial charge in [-0.15, -0.1) is 10.2 Å². The predicted octanol–water partition coefficient (Wildman–Crippen LogP) is 1.62. The first kappa shape index (κ1) is 12.7. The van der Waals surface area contributed by atoms with Crippen molar-refractivity contribution in [3.05, 3.63) is 17.3 Å². The molecule has 3 rings (SSSR count). The second-order valence-corrected chi connectivity index (χ2v) is 5.67. The van der Waals surface area contributed by atoms with E-state index >= 15 is 0 Å². The quantitative estimate of drug-likeness (QED) is 0.914. The summed E-state index contributed by atoms with van der Waals surface area (Å²) in [5, 5.41) is 11.4. The minimum Gasteiger partial charge on any atom is -0.354 e. The third kappa shape index (κ3) is 3.15. The summed E-state index contributed by atoms with van der Waals surface area (Å²) in [4.78, 5) is 14.2. The van der Waals surface area contributed by atoms with Crippen LogP contribution in [-0.2, 0) is 4.79 Å². The molecule has 102 valence electrons. The minimum absolute atomic E-state index is 0.0619. The Morgan fingerprint density at radius 1 is 1.32 bits per heavy atom. The van der Waals surface area contributed by atoms with Crippen molar-refractivity contribution in [3.8, 4) is 0 Å². The average molecular weight is 281 g/mol. The van der Waals surface area contributed by atoms with Crippen molar-refractivity contribution in [2.24, 2.45) is 5.92 Å². The number of amides is 1. The van der Waals surface area contributed by atoms with Crippen molar-refractivity contribution in [2.45, 2.75) is 31.7 Å². The molecule has 2 heterocycles. The van der Waals surface area contributed by atoms with Crippen molar-refractivity contribution < 1.29 is 4.79 Å². The van der Waals surface area contributed by atoms with Crippen LogP contribution >= 0.6 is 11.6 Å². The molecule has 1 aliphatic heterocycles. The third-order valence-electron chi connectivity index (χ3n) is 3.66. The normalized spacial score (nSPS) is 23.2. The molecule has 1 saturated heterocycles. The van der Waals surface area contributed by atoms with Crippen molar-refractivity contribution in [3.63, 3.8) is 0 Å². The fourth-order valence-corrected chi connectivity index (χ4v) is 2.52. The highest BCUT2D eigenvalue weighted by Gasteiger charge is 2.30. The van der Waals surface area contributed by atoms with E-state index in [0.29, 0.717) is 11.2 Å². The predicted molar refractivity (Wildman–Crippen MR) is 73.1 cm³/mol. The molecular weight excluding hydrogens is 264 g/mol. The topological polar surface area (TPSA) is 58.1 Å². The lowest BCUT2D eigenvalue weighted by molar-refractivity contribution is -0.125. The van der Waals surface area contributed by atoms with Gasteiger partial charge in [-0.2, -0.15) is 0 Å². The lowest BCUT2D eigenvalue weighted by Crippen LogP contribution is -2.44. The van der Waals surface area contributed by atoms with Crippen LogP contribution in [0.3, 0.4) is 0 Å². The van der Waals surface area contributed by atoms with Crippen LogP contribution in [0.5, 0.6) is 0 Å². The van der Waals surface area contributed by atoms with Gasteiger partial charge in [0.15, 0.2) is 11.0 Å². The van der Waals surface area contributed by atoms with Crippen LogP contribution in [0.25, 0.3) is 0 Å². The van der Waals surface area contributed by atoms with E-state index in [1.807, 2.05) is 6.07 Å². The van der Waals surface area contributed by atoms with Crippen molar-refractivity contribution in [2.75, 3.05) is 18.0 Å². The number of nitrogens with one attached hydrogen (secondary N) is 1. The zero-order valence-electron chi connectivity index (χ0n) is 10.7. The molecule has 1 amide bonds. The molecule has 1 aromatic rings. The number of carbonyl (C=O) groups excluding carboxylic acids is 1. The van der Waals surface area contributed by atoms with Crippen LogP contribution in [0.2, 0.25) is 5.15 Å². The Morgan fingerprint density at radius 2 is 2.16 bits per heavy atom. The molecule has 2 aliphatic rings. The summed E-state index contributed by atoms with van der Waals surface area (Å²) in [6.45, 7) is 1.64. The first-order valence-electron chi connectivity index (χ1n) is 6.77. The van der Waals surface area contributed by atoms with E-state index in [0.717, 1.165) is 44.6 Å². The number of aromatic nitrogens is 2. The number of nitrogens with zero attached hydrogens (tertiary/aromatic N) is 3. The SMILES string of the molecule is O=C(NC1CC1)[C@@H]1CCCN(c2ccc(Cl)nn2)C1. The van der Waals surface area contributed by atoms with Crippen LogP contribution in [0, 0.1) is 5.92 Å². The van der Waals surface area contributed by atoms with Crippen molar-refractivity contribution >= 4 is 23.3 Å². The van der Waals surface area contributed by atoms with Gasteiger partial charge in [0.25, 0.3) is 0 Å². The maximum atomic E-state index is 12.1. The summed E-state index contributed by atoms with van der Waals surface area (Å²) < 4.78 is 0. The minimum atomic E-state index is 0.0619. The van der Waals surface area contributed by atoms with Gasteiger partial charge in [0.1, 0.15) is 0 Å². The maximum absolute atomic E-state index is 12.1. The number of hydrogen-bond donors (Lipinski definition) is 1. The van der Waals surface area contributed by atoms with Crippen molar-refractivity contribution in [1.82, 2.24) is 15.5 Å².